The van der Waals surface area contributed by atoms with Crippen LogP contribution >= 0.6 is 0 Å². The van der Waals surface area contributed by atoms with Crippen molar-refractivity contribution in [1.29, 1.82) is 0 Å². The van der Waals surface area contributed by atoms with Crippen molar-refractivity contribution in [2.45, 2.75) is 46.1 Å². The van der Waals surface area contributed by atoms with Gasteiger partial charge in [-0.3, -0.25) is 4.79 Å². The van der Waals surface area contributed by atoms with E-state index in [9.17, 15) is 14.7 Å². The van der Waals surface area contributed by atoms with Gasteiger partial charge in [-0.05, 0) is 45.6 Å². The van der Waals surface area contributed by atoms with Crippen LogP contribution in [0.25, 0.3) is 0 Å². The monoisotopic (exact) mass is 308 g/mol. The minimum absolute atomic E-state index is 0.148. The van der Waals surface area contributed by atoms with Crippen LogP contribution in [-0.2, 0) is 9.53 Å². The SMILES string of the molecule is Cc1[nH]c(C(=O)OCC(=O)N2CCCCC2)c(C)c1[C@H](C)O. The molecule has 122 valence electrons. The second-order valence-corrected chi connectivity index (χ2v) is 5.86. The van der Waals surface area contributed by atoms with Gasteiger partial charge >= 0.3 is 5.97 Å². The third-order valence-electron chi connectivity index (χ3n) is 4.15. The quantitative estimate of drug-likeness (QED) is 0.832. The molecule has 22 heavy (non-hydrogen) atoms. The van der Waals surface area contributed by atoms with E-state index in [1.54, 1.807) is 25.7 Å². The molecule has 2 N–H and O–H groups in total. The van der Waals surface area contributed by atoms with Gasteiger partial charge in [0.05, 0.1) is 6.10 Å². The number of carbonyl (C=O) groups is 2. The lowest BCUT2D eigenvalue weighted by Gasteiger charge is -2.26. The number of hydrogen-bond acceptors (Lipinski definition) is 4. The second-order valence-electron chi connectivity index (χ2n) is 5.86. The summed E-state index contributed by atoms with van der Waals surface area (Å²) in [6.45, 7) is 6.45. The molecule has 0 unspecified atom stereocenters. The van der Waals surface area contributed by atoms with E-state index in [4.69, 9.17) is 4.74 Å². The molecule has 0 saturated carbocycles. The number of nitrogens with zero attached hydrogens (tertiary/aromatic N) is 1. The van der Waals surface area contributed by atoms with E-state index in [1.165, 1.54) is 0 Å². The van der Waals surface area contributed by atoms with Crippen LogP contribution in [0, 0.1) is 13.8 Å². The Morgan fingerprint density at radius 2 is 1.91 bits per heavy atom. The maximum atomic E-state index is 12.1. The van der Waals surface area contributed by atoms with Gasteiger partial charge in [-0.1, -0.05) is 0 Å². The summed E-state index contributed by atoms with van der Waals surface area (Å²) < 4.78 is 5.13. The Kier molecular flexibility index (Phi) is 5.24. The summed E-state index contributed by atoms with van der Waals surface area (Å²) in [6.07, 6.45) is 2.50. The average molecular weight is 308 g/mol. The van der Waals surface area contributed by atoms with Crippen LogP contribution in [0.2, 0.25) is 0 Å². The van der Waals surface area contributed by atoms with Crippen molar-refractivity contribution < 1.29 is 19.4 Å². The first-order valence-electron chi connectivity index (χ1n) is 7.73. The van der Waals surface area contributed by atoms with E-state index in [2.05, 4.69) is 4.98 Å². The molecule has 6 nitrogen and oxygen atoms in total. The van der Waals surface area contributed by atoms with Crippen LogP contribution in [-0.4, -0.2) is 46.6 Å². The van der Waals surface area contributed by atoms with E-state index in [0.29, 0.717) is 16.8 Å². The maximum Gasteiger partial charge on any atom is 0.355 e. The number of rotatable bonds is 4. The van der Waals surface area contributed by atoms with Crippen LogP contribution in [0.5, 0.6) is 0 Å². The van der Waals surface area contributed by atoms with Crippen LogP contribution in [0.4, 0.5) is 0 Å². The Bertz CT molecular complexity index is 557. The number of aliphatic hydroxyl groups excluding tert-OH is 1. The van der Waals surface area contributed by atoms with E-state index in [1.807, 2.05) is 0 Å². The maximum absolute atomic E-state index is 12.1. The highest BCUT2D eigenvalue weighted by Gasteiger charge is 2.23. The summed E-state index contributed by atoms with van der Waals surface area (Å²) in [6, 6.07) is 0. The molecule has 1 saturated heterocycles. The number of aryl methyl sites for hydroxylation is 1. The molecular formula is C16H24N2O4. The van der Waals surface area contributed by atoms with Crippen LogP contribution in [0.1, 0.15) is 59.6 Å². The lowest BCUT2D eigenvalue weighted by atomic mass is 10.1. The van der Waals surface area contributed by atoms with Crippen molar-refractivity contribution in [3.63, 3.8) is 0 Å². The van der Waals surface area contributed by atoms with Crippen molar-refractivity contribution in [3.8, 4) is 0 Å². The molecule has 0 bridgehead atoms. The van der Waals surface area contributed by atoms with E-state index in [0.717, 1.165) is 38.0 Å². The van der Waals surface area contributed by atoms with Crippen molar-refractivity contribution in [2.24, 2.45) is 0 Å². The fourth-order valence-electron chi connectivity index (χ4n) is 3.03. The first-order valence-corrected chi connectivity index (χ1v) is 7.73. The Morgan fingerprint density at radius 1 is 1.27 bits per heavy atom. The van der Waals surface area contributed by atoms with Gasteiger partial charge in [-0.15, -0.1) is 0 Å². The van der Waals surface area contributed by atoms with Gasteiger partial charge in [0, 0.05) is 24.3 Å². The van der Waals surface area contributed by atoms with Gasteiger partial charge in [-0.25, -0.2) is 4.79 Å². The summed E-state index contributed by atoms with van der Waals surface area (Å²) in [7, 11) is 0. The lowest BCUT2D eigenvalue weighted by molar-refractivity contribution is -0.135. The van der Waals surface area contributed by atoms with E-state index < -0.39 is 12.1 Å². The average Bonchev–Trinajstić information content (AvgIpc) is 2.80. The van der Waals surface area contributed by atoms with Crippen LogP contribution < -0.4 is 0 Å². The standard InChI is InChI=1S/C16H24N2O4/c1-10-14(12(3)19)11(2)17-15(10)16(21)22-9-13(20)18-7-5-4-6-8-18/h12,17,19H,4-9H2,1-3H3/t12-/m0/s1. The molecule has 0 aliphatic carbocycles. The number of aromatic amines is 1. The predicted octanol–water partition coefficient (Wildman–Crippen LogP) is 1.85. The molecule has 0 aromatic carbocycles. The summed E-state index contributed by atoms with van der Waals surface area (Å²) in [4.78, 5) is 28.8. The zero-order valence-electron chi connectivity index (χ0n) is 13.4. The molecule has 0 radical (unpaired) electrons. The summed E-state index contributed by atoms with van der Waals surface area (Å²) >= 11 is 0. The second kappa shape index (κ2) is 6.96. The molecule has 1 aromatic rings. The molecule has 1 amide bonds. The van der Waals surface area contributed by atoms with Gasteiger partial charge in [0.2, 0.25) is 0 Å². The first kappa shape index (κ1) is 16.5. The van der Waals surface area contributed by atoms with Crippen molar-refractivity contribution >= 4 is 11.9 Å². The number of amides is 1. The number of H-pyrrole nitrogens is 1. The number of piperidine rings is 1. The number of esters is 1. The normalized spacial score (nSPS) is 16.5. The fraction of sp³-hybridized carbons (Fsp3) is 0.625. The molecule has 1 aliphatic rings. The van der Waals surface area contributed by atoms with Crippen molar-refractivity contribution in [3.05, 3.63) is 22.5 Å². The number of ether oxygens (including phenoxy) is 1. The Morgan fingerprint density at radius 3 is 2.45 bits per heavy atom. The van der Waals surface area contributed by atoms with E-state index in [-0.39, 0.29) is 12.5 Å². The highest BCUT2D eigenvalue weighted by molar-refractivity contribution is 5.91. The molecule has 2 rings (SSSR count). The zero-order chi connectivity index (χ0) is 16.3. The molecular weight excluding hydrogens is 284 g/mol. The largest absolute Gasteiger partial charge is 0.451 e. The molecule has 1 aliphatic heterocycles. The topological polar surface area (TPSA) is 82.6 Å². The molecule has 6 heteroatoms. The van der Waals surface area contributed by atoms with Gasteiger partial charge in [0.1, 0.15) is 5.69 Å². The number of likely N-dealkylation sites (tertiary alicyclic amines) is 1. The molecule has 1 aromatic heterocycles. The lowest BCUT2D eigenvalue weighted by Crippen LogP contribution is -2.38. The molecule has 1 fully saturated rings. The Labute approximate surface area is 130 Å². The van der Waals surface area contributed by atoms with Gasteiger partial charge < -0.3 is 19.7 Å². The zero-order valence-corrected chi connectivity index (χ0v) is 13.4. The van der Waals surface area contributed by atoms with Crippen LogP contribution in [0.15, 0.2) is 0 Å². The Hall–Kier alpha value is -1.82. The number of hydrogen-bond donors (Lipinski definition) is 2. The van der Waals surface area contributed by atoms with E-state index >= 15 is 0 Å². The van der Waals surface area contributed by atoms with Crippen molar-refractivity contribution in [2.75, 3.05) is 19.7 Å². The molecule has 1 atom stereocenters. The van der Waals surface area contributed by atoms with Gasteiger partial charge in [0.25, 0.3) is 5.91 Å². The van der Waals surface area contributed by atoms with Gasteiger partial charge in [-0.2, -0.15) is 0 Å². The highest BCUT2D eigenvalue weighted by Crippen LogP contribution is 2.24. The summed E-state index contributed by atoms with van der Waals surface area (Å²) in [5.74, 6) is -0.706. The summed E-state index contributed by atoms with van der Waals surface area (Å²) in [5, 5.41) is 9.74. The predicted molar refractivity (Wildman–Crippen MR) is 81.6 cm³/mol. The summed E-state index contributed by atoms with van der Waals surface area (Å²) in [5.41, 5.74) is 2.42. The third-order valence-corrected chi connectivity index (χ3v) is 4.15. The third kappa shape index (κ3) is 3.50. The van der Waals surface area contributed by atoms with Gasteiger partial charge in [0.15, 0.2) is 6.61 Å². The number of aliphatic hydroxyl groups is 1. The number of aromatic nitrogens is 1. The Balaban J connectivity index is 1.98. The smallest absolute Gasteiger partial charge is 0.355 e. The molecule has 2 heterocycles. The fourth-order valence-corrected chi connectivity index (χ4v) is 3.03. The highest BCUT2D eigenvalue weighted by atomic mass is 16.5. The number of nitrogens with one attached hydrogen (secondary N) is 1. The minimum atomic E-state index is -0.659. The molecule has 0 spiro atoms. The number of carbonyl (C=O) groups excluding carboxylic acids is 2. The minimum Gasteiger partial charge on any atom is -0.451 e. The van der Waals surface area contributed by atoms with Crippen LogP contribution in [0.3, 0.4) is 0 Å². The first-order chi connectivity index (χ1) is 10.4. The van der Waals surface area contributed by atoms with Crippen molar-refractivity contribution in [1.82, 2.24) is 9.88 Å².